The molecule has 7 heteroatoms. The van der Waals surface area contributed by atoms with E-state index in [-0.39, 0.29) is 5.91 Å². The average Bonchev–Trinajstić information content (AvgIpc) is 3.02. The molecule has 0 spiro atoms. The summed E-state index contributed by atoms with van der Waals surface area (Å²) in [5.41, 5.74) is 2.83. The summed E-state index contributed by atoms with van der Waals surface area (Å²) in [6.45, 7) is 6.07. The van der Waals surface area contributed by atoms with Gasteiger partial charge in [-0.2, -0.15) is 0 Å². The Morgan fingerprint density at radius 2 is 2.03 bits per heavy atom. The molecule has 1 aliphatic heterocycles. The zero-order chi connectivity index (χ0) is 25.3. The normalized spacial score (nSPS) is 15.7. The molecule has 36 heavy (non-hydrogen) atoms. The van der Waals surface area contributed by atoms with Crippen LogP contribution in [-0.2, 0) is 6.42 Å². The van der Waals surface area contributed by atoms with Crippen LogP contribution in [0.1, 0.15) is 55.2 Å². The molecule has 4 rings (SSSR count). The van der Waals surface area contributed by atoms with Crippen LogP contribution in [0.3, 0.4) is 0 Å². The van der Waals surface area contributed by atoms with Crippen molar-refractivity contribution in [3.8, 4) is 5.75 Å². The molecular formula is C29H39N5O2. The molecule has 0 fully saturated rings. The second-order valence-corrected chi connectivity index (χ2v) is 9.66. The number of benzene rings is 1. The Balaban J connectivity index is 1.32. The van der Waals surface area contributed by atoms with Crippen LogP contribution in [0.5, 0.6) is 5.75 Å². The van der Waals surface area contributed by atoms with Gasteiger partial charge in [0, 0.05) is 57.6 Å². The molecule has 0 N–H and O–H groups in total. The van der Waals surface area contributed by atoms with Gasteiger partial charge in [0.25, 0.3) is 5.91 Å². The molecule has 1 amide bonds. The quantitative estimate of drug-likeness (QED) is 0.419. The van der Waals surface area contributed by atoms with Crippen molar-refractivity contribution in [1.29, 1.82) is 0 Å². The van der Waals surface area contributed by atoms with Gasteiger partial charge in [0.2, 0.25) is 0 Å². The number of allylic oxidation sites excluding steroid dienone is 3. The molecule has 0 saturated carbocycles. The van der Waals surface area contributed by atoms with E-state index in [0.29, 0.717) is 31.1 Å². The molecule has 1 aliphatic carbocycles. The van der Waals surface area contributed by atoms with E-state index in [2.05, 4.69) is 47.1 Å². The maximum atomic E-state index is 13.4. The van der Waals surface area contributed by atoms with Gasteiger partial charge < -0.3 is 19.4 Å². The highest BCUT2D eigenvalue weighted by Crippen LogP contribution is 2.28. The first-order valence-corrected chi connectivity index (χ1v) is 13.2. The lowest BCUT2D eigenvalue weighted by molar-refractivity contribution is 0.0989. The summed E-state index contributed by atoms with van der Waals surface area (Å²) in [6.07, 6.45) is 14.7. The number of anilines is 2. The highest BCUT2D eigenvalue weighted by atomic mass is 16.5. The summed E-state index contributed by atoms with van der Waals surface area (Å²) in [5.74, 6) is 2.22. The van der Waals surface area contributed by atoms with E-state index in [9.17, 15) is 4.79 Å². The Hall–Kier alpha value is -3.19. The third kappa shape index (κ3) is 6.72. The van der Waals surface area contributed by atoms with E-state index < -0.39 is 0 Å². The third-order valence-electron chi connectivity index (χ3n) is 6.72. The number of carbonyl (C=O) groups is 1. The molecule has 0 radical (unpaired) electrons. The van der Waals surface area contributed by atoms with Crippen molar-refractivity contribution in [1.82, 2.24) is 14.9 Å². The van der Waals surface area contributed by atoms with Gasteiger partial charge in [-0.1, -0.05) is 36.8 Å². The molecule has 0 bridgehead atoms. The molecule has 7 nitrogen and oxygen atoms in total. The number of aromatic nitrogens is 2. The monoisotopic (exact) mass is 489 g/mol. The van der Waals surface area contributed by atoms with E-state index in [4.69, 9.17) is 4.74 Å². The third-order valence-corrected chi connectivity index (χ3v) is 6.72. The molecule has 2 aliphatic rings. The lowest BCUT2D eigenvalue weighted by atomic mass is 10.0. The van der Waals surface area contributed by atoms with Gasteiger partial charge in [-0.25, -0.2) is 9.97 Å². The lowest BCUT2D eigenvalue weighted by Crippen LogP contribution is -2.33. The predicted molar refractivity (Wildman–Crippen MR) is 146 cm³/mol. The number of hydrogen-bond acceptors (Lipinski definition) is 6. The minimum atomic E-state index is -0.0703. The van der Waals surface area contributed by atoms with Gasteiger partial charge >= 0.3 is 0 Å². The van der Waals surface area contributed by atoms with Crippen LogP contribution >= 0.6 is 0 Å². The van der Waals surface area contributed by atoms with E-state index in [1.807, 2.05) is 36.2 Å². The molecular weight excluding hydrogens is 450 g/mol. The summed E-state index contributed by atoms with van der Waals surface area (Å²) >= 11 is 0. The Morgan fingerprint density at radius 3 is 2.83 bits per heavy atom. The Labute approximate surface area is 215 Å². The van der Waals surface area contributed by atoms with Crippen LogP contribution in [0, 0.1) is 0 Å². The minimum Gasteiger partial charge on any atom is -0.493 e. The summed E-state index contributed by atoms with van der Waals surface area (Å²) in [5, 5.41) is 0. The number of likely N-dealkylation sites (N-methyl/N-ethyl adjacent to an activating group) is 1. The number of ether oxygens (including phenoxy) is 1. The van der Waals surface area contributed by atoms with Gasteiger partial charge in [0.05, 0.1) is 6.61 Å². The average molecular weight is 490 g/mol. The number of rotatable bonds is 11. The van der Waals surface area contributed by atoms with Gasteiger partial charge in [-0.15, -0.1) is 0 Å². The van der Waals surface area contributed by atoms with Gasteiger partial charge in [-0.3, -0.25) is 4.79 Å². The highest BCUT2D eigenvalue weighted by Gasteiger charge is 2.28. The van der Waals surface area contributed by atoms with E-state index in [1.54, 1.807) is 11.1 Å². The second-order valence-electron chi connectivity index (χ2n) is 9.66. The van der Waals surface area contributed by atoms with E-state index in [1.165, 1.54) is 18.4 Å². The molecule has 192 valence electrons. The Kier molecular flexibility index (Phi) is 9.11. The molecule has 2 heterocycles. The largest absolute Gasteiger partial charge is 0.493 e. The zero-order valence-electron chi connectivity index (χ0n) is 21.9. The number of nitrogens with zero attached hydrogens (tertiary/aromatic N) is 5. The maximum Gasteiger partial charge on any atom is 0.263 e. The lowest BCUT2D eigenvalue weighted by Gasteiger charge is -2.22. The summed E-state index contributed by atoms with van der Waals surface area (Å²) < 4.78 is 6.06. The fourth-order valence-corrected chi connectivity index (χ4v) is 4.59. The van der Waals surface area contributed by atoms with Crippen LogP contribution < -0.4 is 14.5 Å². The highest BCUT2D eigenvalue weighted by molar-refractivity contribution is 6.09. The summed E-state index contributed by atoms with van der Waals surface area (Å²) in [4.78, 5) is 28.8. The van der Waals surface area contributed by atoms with Crippen LogP contribution in [0.4, 0.5) is 11.5 Å². The van der Waals surface area contributed by atoms with Gasteiger partial charge in [-0.05, 0) is 51.3 Å². The van der Waals surface area contributed by atoms with Crippen LogP contribution in [0.25, 0.3) is 0 Å². The smallest absolute Gasteiger partial charge is 0.263 e. The summed E-state index contributed by atoms with van der Waals surface area (Å²) in [7, 11) is 4.15. The van der Waals surface area contributed by atoms with Gasteiger partial charge in [0.15, 0.2) is 0 Å². The summed E-state index contributed by atoms with van der Waals surface area (Å²) in [6, 6.07) is 7.83. The molecule has 0 saturated heterocycles. The first-order chi connectivity index (χ1) is 17.5. The minimum absolute atomic E-state index is 0.0703. The number of hydrogen-bond donors (Lipinski definition) is 0. The topological polar surface area (TPSA) is 61.8 Å². The molecule has 0 atom stereocenters. The molecule has 0 unspecified atom stereocenters. The van der Waals surface area contributed by atoms with Crippen molar-refractivity contribution in [2.75, 3.05) is 56.7 Å². The fraction of sp³-hybridized carbons (Fsp3) is 0.483. The number of carbonyl (C=O) groups excluding carboxylic acids is 1. The Morgan fingerprint density at radius 1 is 1.14 bits per heavy atom. The van der Waals surface area contributed by atoms with E-state index in [0.717, 1.165) is 56.0 Å². The first kappa shape index (κ1) is 25.9. The zero-order valence-corrected chi connectivity index (χ0v) is 21.9. The van der Waals surface area contributed by atoms with Crippen molar-refractivity contribution in [3.05, 3.63) is 65.7 Å². The van der Waals surface area contributed by atoms with E-state index >= 15 is 0 Å². The van der Waals surface area contributed by atoms with Gasteiger partial charge in [0.1, 0.15) is 23.0 Å². The standard InChI is InChI=1S/C29H39N5O2/c1-4-10-27-30-22-26-28(31-27)33(3)18-19-34(29(26)35)24-13-8-14-25(21-24)36-20-9-16-32(2)17-15-23-11-6-5-7-12-23/h6,8,11-14,21-22H,4-5,7,9-10,15-20H2,1-3H3. The predicted octanol–water partition coefficient (Wildman–Crippen LogP) is 4.89. The van der Waals surface area contributed by atoms with Crippen molar-refractivity contribution in [2.45, 2.75) is 45.4 Å². The molecule has 1 aromatic carbocycles. The van der Waals surface area contributed by atoms with Crippen LogP contribution in [0.2, 0.25) is 0 Å². The van der Waals surface area contributed by atoms with Crippen molar-refractivity contribution < 1.29 is 9.53 Å². The second kappa shape index (κ2) is 12.7. The Bertz CT molecular complexity index is 1100. The molecule has 1 aromatic heterocycles. The van der Waals surface area contributed by atoms with Crippen LogP contribution in [0.15, 0.2) is 54.3 Å². The fourth-order valence-electron chi connectivity index (χ4n) is 4.59. The SMILES string of the molecule is CCCc1ncc2c(n1)N(C)CCN(c1cccc(OCCCN(C)CCC3=CCCC=C3)c1)C2=O. The van der Waals surface area contributed by atoms with Crippen molar-refractivity contribution in [2.24, 2.45) is 0 Å². The maximum absolute atomic E-state index is 13.4. The van der Waals surface area contributed by atoms with Crippen molar-refractivity contribution in [3.63, 3.8) is 0 Å². The van der Waals surface area contributed by atoms with Crippen LogP contribution in [-0.4, -0.2) is 67.7 Å². The number of amides is 1. The number of fused-ring (bicyclic) bond motifs is 1. The number of aryl methyl sites for hydroxylation is 1. The molecule has 2 aromatic rings. The van der Waals surface area contributed by atoms with Crippen molar-refractivity contribution >= 4 is 17.4 Å². The first-order valence-electron chi connectivity index (χ1n) is 13.2.